The van der Waals surface area contributed by atoms with E-state index in [-0.39, 0.29) is 0 Å². The Morgan fingerprint density at radius 2 is 2.18 bits per heavy atom. The lowest BCUT2D eigenvalue weighted by molar-refractivity contribution is 0.403. The molecule has 0 aliphatic heterocycles. The van der Waals surface area contributed by atoms with Crippen LogP contribution in [0.5, 0.6) is 5.75 Å². The van der Waals surface area contributed by atoms with Crippen LogP contribution >= 0.6 is 22.7 Å². The van der Waals surface area contributed by atoms with Gasteiger partial charge in [0.25, 0.3) is 0 Å². The van der Waals surface area contributed by atoms with Crippen LogP contribution in [-0.2, 0) is 6.42 Å². The second-order valence-corrected chi connectivity index (χ2v) is 5.73. The molecule has 1 N–H and O–H groups in total. The molecule has 1 atom stereocenters. The summed E-state index contributed by atoms with van der Waals surface area (Å²) in [5, 5.41) is 7.75. The molecule has 0 bridgehead atoms. The van der Waals surface area contributed by atoms with Crippen molar-refractivity contribution in [3.05, 3.63) is 38.7 Å². The molecule has 92 valence electrons. The molecule has 2 heterocycles. The van der Waals surface area contributed by atoms with Crippen LogP contribution in [0, 0.1) is 0 Å². The first-order chi connectivity index (χ1) is 8.35. The first kappa shape index (κ1) is 12.6. The van der Waals surface area contributed by atoms with E-state index >= 15 is 0 Å². The summed E-state index contributed by atoms with van der Waals surface area (Å²) < 4.78 is 5.41. The molecule has 0 saturated carbocycles. The van der Waals surface area contributed by atoms with Crippen molar-refractivity contribution in [1.29, 1.82) is 0 Å². The topological polar surface area (TPSA) is 21.3 Å². The lowest BCUT2D eigenvalue weighted by Crippen LogP contribution is -2.22. The first-order valence-electron chi connectivity index (χ1n) is 5.72. The SMILES string of the molecule is CCNC(Cc1cccs1)c1sccc1OC. The largest absolute Gasteiger partial charge is 0.496 e. The Morgan fingerprint density at radius 3 is 2.82 bits per heavy atom. The number of likely N-dealkylation sites (N-methyl/N-ethyl adjacent to an activating group) is 1. The van der Waals surface area contributed by atoms with E-state index in [0.29, 0.717) is 6.04 Å². The molecule has 17 heavy (non-hydrogen) atoms. The van der Waals surface area contributed by atoms with Gasteiger partial charge in [0.15, 0.2) is 0 Å². The molecule has 1 unspecified atom stereocenters. The molecule has 0 spiro atoms. The minimum Gasteiger partial charge on any atom is -0.496 e. The zero-order valence-electron chi connectivity index (χ0n) is 10.1. The van der Waals surface area contributed by atoms with E-state index in [1.54, 1.807) is 18.4 Å². The Labute approximate surface area is 110 Å². The number of hydrogen-bond acceptors (Lipinski definition) is 4. The highest BCUT2D eigenvalue weighted by atomic mass is 32.1. The van der Waals surface area contributed by atoms with Gasteiger partial charge in [-0.05, 0) is 29.4 Å². The fourth-order valence-electron chi connectivity index (χ4n) is 1.87. The molecule has 0 amide bonds. The minimum absolute atomic E-state index is 0.355. The number of hydrogen-bond donors (Lipinski definition) is 1. The summed E-state index contributed by atoms with van der Waals surface area (Å²) in [5.41, 5.74) is 0. The maximum absolute atomic E-state index is 5.41. The lowest BCUT2D eigenvalue weighted by Gasteiger charge is -2.17. The van der Waals surface area contributed by atoms with Gasteiger partial charge in [0, 0.05) is 11.3 Å². The van der Waals surface area contributed by atoms with E-state index < -0.39 is 0 Å². The summed E-state index contributed by atoms with van der Waals surface area (Å²) >= 11 is 3.57. The van der Waals surface area contributed by atoms with Gasteiger partial charge in [-0.25, -0.2) is 0 Å². The second kappa shape index (κ2) is 6.19. The summed E-state index contributed by atoms with van der Waals surface area (Å²) in [6.45, 7) is 3.11. The summed E-state index contributed by atoms with van der Waals surface area (Å²) in [6, 6.07) is 6.69. The molecule has 0 radical (unpaired) electrons. The van der Waals surface area contributed by atoms with Crippen molar-refractivity contribution in [2.24, 2.45) is 0 Å². The van der Waals surface area contributed by atoms with Crippen LogP contribution < -0.4 is 10.1 Å². The third-order valence-corrected chi connectivity index (χ3v) is 4.54. The molecule has 0 saturated heterocycles. The van der Waals surface area contributed by atoms with Crippen molar-refractivity contribution in [1.82, 2.24) is 5.32 Å². The van der Waals surface area contributed by atoms with E-state index in [0.717, 1.165) is 18.7 Å². The molecule has 2 aromatic heterocycles. The molecular formula is C13H17NOS2. The van der Waals surface area contributed by atoms with E-state index in [2.05, 4.69) is 35.1 Å². The standard InChI is InChI=1S/C13H17NOS2/c1-3-14-11(9-10-5-4-7-16-10)13-12(15-2)6-8-17-13/h4-8,11,14H,3,9H2,1-2H3. The van der Waals surface area contributed by atoms with Crippen LogP contribution in [0.15, 0.2) is 29.0 Å². The average molecular weight is 267 g/mol. The van der Waals surface area contributed by atoms with Gasteiger partial charge in [0.05, 0.1) is 18.0 Å². The Morgan fingerprint density at radius 1 is 1.29 bits per heavy atom. The fourth-order valence-corrected chi connectivity index (χ4v) is 3.55. The Balaban J connectivity index is 2.16. The van der Waals surface area contributed by atoms with Gasteiger partial charge in [-0.3, -0.25) is 0 Å². The maximum atomic E-state index is 5.41. The van der Waals surface area contributed by atoms with Crippen molar-refractivity contribution in [3.8, 4) is 5.75 Å². The van der Waals surface area contributed by atoms with Gasteiger partial charge >= 0.3 is 0 Å². The average Bonchev–Trinajstić information content (AvgIpc) is 2.98. The van der Waals surface area contributed by atoms with Crippen molar-refractivity contribution in [2.75, 3.05) is 13.7 Å². The van der Waals surface area contributed by atoms with Crippen LogP contribution in [0.2, 0.25) is 0 Å². The van der Waals surface area contributed by atoms with Crippen LogP contribution in [0.4, 0.5) is 0 Å². The molecular weight excluding hydrogens is 250 g/mol. The molecule has 0 aromatic carbocycles. The Kier molecular flexibility index (Phi) is 4.59. The van der Waals surface area contributed by atoms with Gasteiger partial charge in [-0.2, -0.15) is 0 Å². The predicted molar refractivity (Wildman–Crippen MR) is 75.3 cm³/mol. The third-order valence-electron chi connectivity index (χ3n) is 2.63. The summed E-state index contributed by atoms with van der Waals surface area (Å²) in [5.74, 6) is 0.998. The Bertz CT molecular complexity index is 436. The summed E-state index contributed by atoms with van der Waals surface area (Å²) in [4.78, 5) is 2.70. The second-order valence-electron chi connectivity index (χ2n) is 3.75. The Hall–Kier alpha value is -0.840. The van der Waals surface area contributed by atoms with Crippen LogP contribution in [0.1, 0.15) is 22.7 Å². The summed E-state index contributed by atoms with van der Waals surface area (Å²) in [7, 11) is 1.74. The molecule has 0 fully saturated rings. The number of nitrogens with one attached hydrogen (secondary N) is 1. The van der Waals surface area contributed by atoms with E-state index in [9.17, 15) is 0 Å². The number of rotatable bonds is 6. The fraction of sp³-hybridized carbons (Fsp3) is 0.385. The zero-order valence-corrected chi connectivity index (χ0v) is 11.7. The van der Waals surface area contributed by atoms with Gasteiger partial charge in [0.1, 0.15) is 5.75 Å². The molecule has 2 rings (SSSR count). The molecule has 2 nitrogen and oxygen atoms in total. The quantitative estimate of drug-likeness (QED) is 0.861. The molecule has 4 heteroatoms. The molecule has 2 aromatic rings. The minimum atomic E-state index is 0.355. The third kappa shape index (κ3) is 3.09. The van der Waals surface area contributed by atoms with Crippen molar-refractivity contribution >= 4 is 22.7 Å². The van der Waals surface area contributed by atoms with Gasteiger partial charge in [0.2, 0.25) is 0 Å². The number of ether oxygens (including phenoxy) is 1. The van der Waals surface area contributed by atoms with Crippen molar-refractivity contribution < 1.29 is 4.74 Å². The van der Waals surface area contributed by atoms with E-state index in [4.69, 9.17) is 4.74 Å². The number of thiophene rings is 2. The zero-order chi connectivity index (χ0) is 12.1. The van der Waals surface area contributed by atoms with E-state index in [1.807, 2.05) is 17.4 Å². The van der Waals surface area contributed by atoms with Crippen molar-refractivity contribution in [2.45, 2.75) is 19.4 Å². The van der Waals surface area contributed by atoms with E-state index in [1.165, 1.54) is 9.75 Å². The van der Waals surface area contributed by atoms with Gasteiger partial charge < -0.3 is 10.1 Å². The van der Waals surface area contributed by atoms with Gasteiger partial charge in [-0.1, -0.05) is 13.0 Å². The number of methoxy groups -OCH3 is 1. The maximum Gasteiger partial charge on any atom is 0.134 e. The predicted octanol–water partition coefficient (Wildman–Crippen LogP) is 3.71. The smallest absolute Gasteiger partial charge is 0.134 e. The highest BCUT2D eigenvalue weighted by Crippen LogP contribution is 2.33. The van der Waals surface area contributed by atoms with Crippen LogP contribution in [0.3, 0.4) is 0 Å². The monoisotopic (exact) mass is 267 g/mol. The lowest BCUT2D eigenvalue weighted by atomic mass is 10.1. The highest BCUT2D eigenvalue weighted by molar-refractivity contribution is 7.10. The first-order valence-corrected chi connectivity index (χ1v) is 7.48. The van der Waals surface area contributed by atoms with Crippen LogP contribution in [-0.4, -0.2) is 13.7 Å². The normalized spacial score (nSPS) is 12.6. The van der Waals surface area contributed by atoms with Crippen molar-refractivity contribution in [3.63, 3.8) is 0 Å². The molecule has 0 aliphatic rings. The highest BCUT2D eigenvalue weighted by Gasteiger charge is 2.17. The summed E-state index contributed by atoms with van der Waals surface area (Å²) in [6.07, 6.45) is 1.03. The van der Waals surface area contributed by atoms with Crippen LogP contribution in [0.25, 0.3) is 0 Å². The molecule has 0 aliphatic carbocycles. The van der Waals surface area contributed by atoms with Gasteiger partial charge in [-0.15, -0.1) is 22.7 Å².